The molecule has 0 amide bonds. The fourth-order valence-electron chi connectivity index (χ4n) is 7.92. The zero-order chi connectivity index (χ0) is 36.0. The van der Waals surface area contributed by atoms with Gasteiger partial charge in [0.05, 0.1) is 33.5 Å². The monoisotopic (exact) mass is 698 g/mol. The van der Waals surface area contributed by atoms with E-state index in [9.17, 15) is 0 Å². The Kier molecular flexibility index (Phi) is 10.6. The first kappa shape index (κ1) is 34.7. The maximum absolute atomic E-state index is 5.35. The molecule has 0 saturated carbocycles. The standard InChI is InChI=1S/C47H50N6/c1-3-5-30-42-50-44-40(48-38-26-18-16-24-36(38)46(44)52(42)32-34-20-10-7-11-21-34)28-14-9-15-29-41-45-47(37-25-17-19-27-39(37)49-41)53(43(51-45)31-6-4-2)33-35-22-12-8-13-23-35/h7-8,10-13,16-27H,3-6,9,14-15,28-33H2,1-2H3. The van der Waals surface area contributed by atoms with Gasteiger partial charge in [-0.05, 0) is 61.8 Å². The number of rotatable bonds is 16. The van der Waals surface area contributed by atoms with E-state index in [0.717, 1.165) is 117 Å². The van der Waals surface area contributed by atoms with E-state index in [1.165, 1.54) is 44.6 Å². The third kappa shape index (κ3) is 7.33. The number of benzene rings is 4. The van der Waals surface area contributed by atoms with Gasteiger partial charge in [0.2, 0.25) is 0 Å². The molecule has 0 radical (unpaired) electrons. The minimum atomic E-state index is 0.818. The number of hydrogen-bond donors (Lipinski definition) is 0. The van der Waals surface area contributed by atoms with Gasteiger partial charge < -0.3 is 9.13 Å². The minimum Gasteiger partial charge on any atom is -0.323 e. The van der Waals surface area contributed by atoms with Crippen LogP contribution in [0.2, 0.25) is 0 Å². The van der Waals surface area contributed by atoms with Crippen molar-refractivity contribution in [2.75, 3.05) is 0 Å². The molecule has 6 nitrogen and oxygen atoms in total. The van der Waals surface area contributed by atoms with Gasteiger partial charge in [0, 0.05) is 36.7 Å². The van der Waals surface area contributed by atoms with Crippen LogP contribution >= 0.6 is 0 Å². The second-order valence-electron chi connectivity index (χ2n) is 14.5. The molecule has 53 heavy (non-hydrogen) atoms. The van der Waals surface area contributed by atoms with Gasteiger partial charge in [0.15, 0.2) is 0 Å². The largest absolute Gasteiger partial charge is 0.323 e. The van der Waals surface area contributed by atoms with Crippen LogP contribution in [0.25, 0.3) is 43.9 Å². The molecule has 0 unspecified atom stereocenters. The lowest BCUT2D eigenvalue weighted by Crippen LogP contribution is -2.06. The zero-order valence-electron chi connectivity index (χ0n) is 31.3. The molecule has 8 rings (SSSR count). The fourth-order valence-corrected chi connectivity index (χ4v) is 7.92. The van der Waals surface area contributed by atoms with Crippen molar-refractivity contribution in [3.63, 3.8) is 0 Å². The number of hydrogen-bond acceptors (Lipinski definition) is 4. The summed E-state index contributed by atoms with van der Waals surface area (Å²) in [5.41, 5.74) is 11.6. The number of aryl methyl sites for hydroxylation is 4. The Morgan fingerprint density at radius 3 is 1.26 bits per heavy atom. The van der Waals surface area contributed by atoms with E-state index in [1.54, 1.807) is 0 Å². The van der Waals surface area contributed by atoms with Crippen molar-refractivity contribution in [1.29, 1.82) is 0 Å². The van der Waals surface area contributed by atoms with Crippen LogP contribution in [0.4, 0.5) is 0 Å². The second-order valence-corrected chi connectivity index (χ2v) is 14.5. The average molecular weight is 699 g/mol. The van der Waals surface area contributed by atoms with E-state index < -0.39 is 0 Å². The summed E-state index contributed by atoms with van der Waals surface area (Å²) >= 11 is 0. The van der Waals surface area contributed by atoms with Gasteiger partial charge in [-0.1, -0.05) is 130 Å². The Morgan fingerprint density at radius 1 is 0.415 bits per heavy atom. The topological polar surface area (TPSA) is 61.4 Å². The van der Waals surface area contributed by atoms with Crippen molar-refractivity contribution in [2.24, 2.45) is 0 Å². The summed E-state index contributed by atoms with van der Waals surface area (Å²) in [6, 6.07) is 38.8. The molecule has 0 N–H and O–H groups in total. The van der Waals surface area contributed by atoms with Crippen LogP contribution in [-0.4, -0.2) is 29.1 Å². The van der Waals surface area contributed by atoms with Crippen molar-refractivity contribution in [3.8, 4) is 0 Å². The highest BCUT2D eigenvalue weighted by Gasteiger charge is 2.20. The number of pyridine rings is 2. The van der Waals surface area contributed by atoms with E-state index in [1.807, 2.05) is 0 Å². The van der Waals surface area contributed by atoms with Crippen molar-refractivity contribution in [1.82, 2.24) is 29.1 Å². The molecule has 0 aliphatic heterocycles. The molecule has 0 aliphatic carbocycles. The number of para-hydroxylation sites is 2. The Bertz CT molecular complexity index is 2290. The number of unbranched alkanes of at least 4 members (excludes halogenated alkanes) is 4. The molecule has 0 bridgehead atoms. The molecule has 0 atom stereocenters. The smallest absolute Gasteiger partial charge is 0.111 e. The van der Waals surface area contributed by atoms with Gasteiger partial charge in [-0.25, -0.2) is 9.97 Å². The van der Waals surface area contributed by atoms with E-state index >= 15 is 0 Å². The maximum Gasteiger partial charge on any atom is 0.111 e. The van der Waals surface area contributed by atoms with E-state index in [0.29, 0.717) is 0 Å². The highest BCUT2D eigenvalue weighted by Crippen LogP contribution is 2.32. The molecule has 6 heteroatoms. The first-order valence-electron chi connectivity index (χ1n) is 19.8. The molecule has 0 fully saturated rings. The average Bonchev–Trinajstić information content (AvgIpc) is 3.75. The van der Waals surface area contributed by atoms with Crippen LogP contribution in [0.5, 0.6) is 0 Å². The van der Waals surface area contributed by atoms with Gasteiger partial charge in [0.1, 0.15) is 22.7 Å². The molecule has 4 aromatic heterocycles. The van der Waals surface area contributed by atoms with E-state index in [-0.39, 0.29) is 0 Å². The lowest BCUT2D eigenvalue weighted by molar-refractivity contribution is 0.669. The van der Waals surface area contributed by atoms with Gasteiger partial charge in [-0.15, -0.1) is 0 Å². The summed E-state index contributed by atoms with van der Waals surface area (Å²) in [5.74, 6) is 2.34. The van der Waals surface area contributed by atoms with Crippen molar-refractivity contribution >= 4 is 43.9 Å². The third-order valence-corrected chi connectivity index (χ3v) is 10.7. The molecule has 0 saturated heterocycles. The van der Waals surface area contributed by atoms with Crippen LogP contribution in [0.15, 0.2) is 109 Å². The fraction of sp³-hybridized carbons (Fsp3) is 0.319. The van der Waals surface area contributed by atoms with Gasteiger partial charge in [-0.3, -0.25) is 9.97 Å². The molecule has 8 aromatic rings. The zero-order valence-corrected chi connectivity index (χ0v) is 31.3. The maximum atomic E-state index is 5.35. The number of fused-ring (bicyclic) bond motifs is 6. The molecule has 4 heterocycles. The highest BCUT2D eigenvalue weighted by atomic mass is 15.1. The van der Waals surface area contributed by atoms with Crippen molar-refractivity contribution in [3.05, 3.63) is 143 Å². The summed E-state index contributed by atoms with van der Waals surface area (Å²) in [5, 5.41) is 2.38. The van der Waals surface area contributed by atoms with Gasteiger partial charge in [0.25, 0.3) is 0 Å². The normalized spacial score (nSPS) is 11.8. The SMILES string of the molecule is CCCCc1nc2c(CCCCCc3nc4ccccc4c4c3nc(CCCC)n4Cc3ccccc3)nc3ccccc3c2n1Cc1ccccc1. The van der Waals surface area contributed by atoms with Crippen LogP contribution in [0.3, 0.4) is 0 Å². The predicted molar refractivity (Wildman–Crippen MR) is 220 cm³/mol. The van der Waals surface area contributed by atoms with Crippen LogP contribution in [0.1, 0.15) is 93.0 Å². The number of nitrogens with zero attached hydrogens (tertiary/aromatic N) is 6. The molecule has 0 aliphatic rings. The van der Waals surface area contributed by atoms with E-state index in [4.69, 9.17) is 19.9 Å². The lowest BCUT2D eigenvalue weighted by atomic mass is 10.0. The molecular formula is C47H50N6. The Morgan fingerprint density at radius 2 is 0.830 bits per heavy atom. The van der Waals surface area contributed by atoms with Crippen molar-refractivity contribution < 1.29 is 0 Å². The molecular weight excluding hydrogens is 649 g/mol. The van der Waals surface area contributed by atoms with Crippen LogP contribution in [0, 0.1) is 0 Å². The first-order chi connectivity index (χ1) is 26.2. The molecule has 0 spiro atoms. The second kappa shape index (κ2) is 16.1. The predicted octanol–water partition coefficient (Wildman–Crippen LogP) is 11.2. The summed E-state index contributed by atoms with van der Waals surface area (Å²) in [6.45, 7) is 6.15. The van der Waals surface area contributed by atoms with E-state index in [2.05, 4.69) is 132 Å². The highest BCUT2D eigenvalue weighted by molar-refractivity contribution is 6.04. The number of imidazole rings is 2. The summed E-state index contributed by atoms with van der Waals surface area (Å²) in [6.07, 6.45) is 11.5. The number of aromatic nitrogens is 6. The Balaban J connectivity index is 1.07. The van der Waals surface area contributed by atoms with Crippen LogP contribution < -0.4 is 0 Å². The minimum absolute atomic E-state index is 0.818. The van der Waals surface area contributed by atoms with Gasteiger partial charge in [-0.2, -0.15) is 0 Å². The lowest BCUT2D eigenvalue weighted by Gasteiger charge is -2.12. The quantitative estimate of drug-likeness (QED) is 0.0943. The first-order valence-corrected chi connectivity index (χ1v) is 19.8. The third-order valence-electron chi connectivity index (χ3n) is 10.7. The van der Waals surface area contributed by atoms with Gasteiger partial charge >= 0.3 is 0 Å². The summed E-state index contributed by atoms with van der Waals surface area (Å²) in [7, 11) is 0. The Hall–Kier alpha value is -5.36. The molecule has 268 valence electrons. The van der Waals surface area contributed by atoms with Crippen molar-refractivity contribution in [2.45, 2.75) is 97.6 Å². The Labute approximate surface area is 313 Å². The van der Waals surface area contributed by atoms with Crippen LogP contribution in [-0.2, 0) is 38.8 Å². The summed E-state index contributed by atoms with van der Waals surface area (Å²) in [4.78, 5) is 21.2. The molecule has 4 aromatic carbocycles. The summed E-state index contributed by atoms with van der Waals surface area (Å²) < 4.78 is 4.94.